The van der Waals surface area contributed by atoms with Crippen LogP contribution in [-0.4, -0.2) is 19.0 Å². The van der Waals surface area contributed by atoms with Gasteiger partial charge >= 0.3 is 0 Å². The molecule has 1 unspecified atom stereocenters. The van der Waals surface area contributed by atoms with Crippen LogP contribution in [0.4, 0.5) is 0 Å². The first-order valence-corrected chi connectivity index (χ1v) is 8.36. The van der Waals surface area contributed by atoms with Gasteiger partial charge in [-0.3, -0.25) is 4.79 Å². The smallest absolute Gasteiger partial charge is 0.220 e. The lowest BCUT2D eigenvalue weighted by molar-refractivity contribution is -0.121. The largest absolute Gasteiger partial charge is 0.354 e. The number of nitrogens with two attached hydrogens (primary N) is 2. The maximum absolute atomic E-state index is 11.8. The summed E-state index contributed by atoms with van der Waals surface area (Å²) in [6.45, 7) is 5.56. The number of nitrogens with one attached hydrogen (secondary N) is 1. The lowest BCUT2D eigenvalue weighted by atomic mass is 9.99. The zero-order valence-corrected chi connectivity index (χ0v) is 14.0. The average molecular weight is 305 g/mol. The monoisotopic (exact) mass is 305 g/mol. The molecule has 4 nitrogen and oxygen atoms in total. The molecule has 1 aromatic carbocycles. The summed E-state index contributed by atoms with van der Waals surface area (Å²) in [5.41, 5.74) is 13.9. The van der Waals surface area contributed by atoms with E-state index in [0.717, 1.165) is 37.8 Å². The molecule has 0 saturated heterocycles. The van der Waals surface area contributed by atoms with E-state index in [-0.39, 0.29) is 11.9 Å². The first-order chi connectivity index (χ1) is 10.5. The van der Waals surface area contributed by atoms with Crippen LogP contribution in [-0.2, 0) is 4.79 Å². The molecule has 4 heteroatoms. The van der Waals surface area contributed by atoms with Crippen LogP contribution in [0, 0.1) is 0 Å². The van der Waals surface area contributed by atoms with Crippen molar-refractivity contribution in [3.05, 3.63) is 35.4 Å². The van der Waals surface area contributed by atoms with Crippen molar-refractivity contribution >= 4 is 5.91 Å². The van der Waals surface area contributed by atoms with Gasteiger partial charge in [-0.25, -0.2) is 0 Å². The van der Waals surface area contributed by atoms with Crippen LogP contribution >= 0.6 is 0 Å². The van der Waals surface area contributed by atoms with Gasteiger partial charge in [0.25, 0.3) is 0 Å². The average Bonchev–Trinajstić information content (AvgIpc) is 2.52. The normalized spacial score (nSPS) is 12.4. The Bertz CT molecular complexity index is 428. The maximum atomic E-state index is 11.8. The Morgan fingerprint density at radius 3 is 2.23 bits per heavy atom. The molecule has 1 rings (SSSR count). The molecule has 1 aromatic rings. The van der Waals surface area contributed by atoms with Gasteiger partial charge in [0.1, 0.15) is 0 Å². The predicted octanol–water partition coefficient (Wildman–Crippen LogP) is 2.84. The van der Waals surface area contributed by atoms with Crippen LogP contribution in [0.3, 0.4) is 0 Å². The molecule has 0 saturated carbocycles. The molecule has 0 fully saturated rings. The molecule has 0 aliphatic heterocycles. The second kappa shape index (κ2) is 10.4. The number of benzene rings is 1. The van der Waals surface area contributed by atoms with Gasteiger partial charge in [-0.15, -0.1) is 0 Å². The molecule has 1 amide bonds. The summed E-state index contributed by atoms with van der Waals surface area (Å²) < 4.78 is 0. The van der Waals surface area contributed by atoms with E-state index < -0.39 is 0 Å². The van der Waals surface area contributed by atoms with Crippen molar-refractivity contribution in [2.45, 2.75) is 57.9 Å². The Hall–Kier alpha value is -1.39. The molecule has 0 aromatic heterocycles. The number of rotatable bonds is 10. The highest BCUT2D eigenvalue weighted by molar-refractivity contribution is 5.75. The van der Waals surface area contributed by atoms with Crippen LogP contribution < -0.4 is 16.8 Å². The van der Waals surface area contributed by atoms with Gasteiger partial charge < -0.3 is 16.8 Å². The van der Waals surface area contributed by atoms with E-state index in [4.69, 9.17) is 11.5 Å². The summed E-state index contributed by atoms with van der Waals surface area (Å²) in [5.74, 6) is 0.603. The van der Waals surface area contributed by atoms with Gasteiger partial charge in [0.15, 0.2) is 0 Å². The van der Waals surface area contributed by atoms with E-state index >= 15 is 0 Å². The number of hydrogen-bond acceptors (Lipinski definition) is 3. The molecule has 22 heavy (non-hydrogen) atoms. The van der Waals surface area contributed by atoms with Crippen molar-refractivity contribution in [1.82, 2.24) is 5.32 Å². The van der Waals surface area contributed by atoms with Gasteiger partial charge in [-0.05, 0) is 36.4 Å². The topological polar surface area (TPSA) is 81.1 Å². The minimum Gasteiger partial charge on any atom is -0.354 e. The van der Waals surface area contributed by atoms with E-state index in [1.165, 1.54) is 5.56 Å². The highest BCUT2D eigenvalue weighted by Gasteiger charge is 2.09. The van der Waals surface area contributed by atoms with Gasteiger partial charge in [0.2, 0.25) is 5.91 Å². The third-order valence-electron chi connectivity index (χ3n) is 3.91. The molecule has 0 aliphatic carbocycles. The van der Waals surface area contributed by atoms with Crippen LogP contribution in [0.2, 0.25) is 0 Å². The van der Waals surface area contributed by atoms with E-state index in [1.54, 1.807) is 0 Å². The molecule has 124 valence electrons. The molecule has 0 heterocycles. The zero-order valence-electron chi connectivity index (χ0n) is 14.0. The Morgan fingerprint density at radius 1 is 1.05 bits per heavy atom. The number of unbranched alkanes of at least 4 members (excludes halogenated alkanes) is 3. The number of carbonyl (C=O) groups is 1. The van der Waals surface area contributed by atoms with Crippen LogP contribution in [0.25, 0.3) is 0 Å². The molecule has 0 aliphatic rings. The fourth-order valence-corrected chi connectivity index (χ4v) is 2.34. The lowest BCUT2D eigenvalue weighted by Crippen LogP contribution is -2.31. The van der Waals surface area contributed by atoms with Gasteiger partial charge in [0.05, 0.1) is 0 Å². The second-order valence-electron chi connectivity index (χ2n) is 6.18. The Kier molecular flexibility index (Phi) is 8.78. The maximum Gasteiger partial charge on any atom is 0.220 e. The van der Waals surface area contributed by atoms with E-state index in [0.29, 0.717) is 18.9 Å². The molecule has 0 spiro atoms. The van der Waals surface area contributed by atoms with Crippen LogP contribution in [0.1, 0.15) is 69.0 Å². The molecular weight excluding hydrogens is 274 g/mol. The SMILES string of the molecule is CC(C)c1ccc(C(N)CNC(=O)CCCCCCN)cc1. The summed E-state index contributed by atoms with van der Waals surface area (Å²) in [6, 6.07) is 8.18. The zero-order chi connectivity index (χ0) is 16.4. The van der Waals surface area contributed by atoms with Gasteiger partial charge in [-0.2, -0.15) is 0 Å². The third-order valence-corrected chi connectivity index (χ3v) is 3.91. The summed E-state index contributed by atoms with van der Waals surface area (Å²) in [5, 5.41) is 2.92. The fraction of sp³-hybridized carbons (Fsp3) is 0.611. The van der Waals surface area contributed by atoms with Crippen molar-refractivity contribution in [2.24, 2.45) is 11.5 Å². The highest BCUT2D eigenvalue weighted by atomic mass is 16.1. The number of hydrogen-bond donors (Lipinski definition) is 3. The quantitative estimate of drug-likeness (QED) is 0.581. The first-order valence-electron chi connectivity index (χ1n) is 8.36. The molecule has 1 atom stereocenters. The summed E-state index contributed by atoms with van der Waals surface area (Å²) in [4.78, 5) is 11.8. The Labute approximate surface area is 134 Å². The molecule has 5 N–H and O–H groups in total. The first kappa shape index (κ1) is 18.7. The Balaban J connectivity index is 2.27. The van der Waals surface area contributed by atoms with E-state index in [1.807, 2.05) is 0 Å². The standard InChI is InChI=1S/C18H31N3O/c1-14(2)15-8-10-16(11-9-15)17(20)13-21-18(22)7-5-3-4-6-12-19/h8-11,14,17H,3-7,12-13,19-20H2,1-2H3,(H,21,22). The molecule has 0 radical (unpaired) electrons. The molecule has 0 bridgehead atoms. The minimum absolute atomic E-state index is 0.0852. The van der Waals surface area contributed by atoms with Gasteiger partial charge in [0, 0.05) is 19.0 Å². The van der Waals surface area contributed by atoms with E-state index in [9.17, 15) is 4.79 Å². The van der Waals surface area contributed by atoms with Crippen molar-refractivity contribution in [3.8, 4) is 0 Å². The fourth-order valence-electron chi connectivity index (χ4n) is 2.34. The highest BCUT2D eigenvalue weighted by Crippen LogP contribution is 2.17. The number of amides is 1. The summed E-state index contributed by atoms with van der Waals surface area (Å²) in [6.07, 6.45) is 4.70. The number of carbonyl (C=O) groups excluding carboxylic acids is 1. The minimum atomic E-state index is -0.151. The van der Waals surface area contributed by atoms with Crippen molar-refractivity contribution in [3.63, 3.8) is 0 Å². The Morgan fingerprint density at radius 2 is 1.64 bits per heavy atom. The van der Waals surface area contributed by atoms with E-state index in [2.05, 4.69) is 43.4 Å². The second-order valence-corrected chi connectivity index (χ2v) is 6.18. The van der Waals surface area contributed by atoms with Crippen molar-refractivity contribution in [2.75, 3.05) is 13.1 Å². The van der Waals surface area contributed by atoms with Crippen molar-refractivity contribution in [1.29, 1.82) is 0 Å². The van der Waals surface area contributed by atoms with Crippen molar-refractivity contribution < 1.29 is 4.79 Å². The van der Waals surface area contributed by atoms with Crippen LogP contribution in [0.15, 0.2) is 24.3 Å². The molecular formula is C18H31N3O. The predicted molar refractivity (Wildman–Crippen MR) is 92.6 cm³/mol. The van der Waals surface area contributed by atoms with Gasteiger partial charge in [-0.1, -0.05) is 51.0 Å². The summed E-state index contributed by atoms with van der Waals surface area (Å²) >= 11 is 0. The third kappa shape index (κ3) is 7.05. The van der Waals surface area contributed by atoms with Crippen LogP contribution in [0.5, 0.6) is 0 Å². The lowest BCUT2D eigenvalue weighted by Gasteiger charge is -2.14. The summed E-state index contributed by atoms with van der Waals surface area (Å²) in [7, 11) is 0.